The summed E-state index contributed by atoms with van der Waals surface area (Å²) in [7, 11) is 0. The second kappa shape index (κ2) is 2.72. The Morgan fingerprint density at radius 3 is 3.00 bits per heavy atom. The van der Waals surface area contributed by atoms with Crippen LogP contribution in [0.3, 0.4) is 0 Å². The van der Waals surface area contributed by atoms with Crippen LogP contribution in [0, 0.1) is 10.1 Å². The van der Waals surface area contributed by atoms with Crippen molar-refractivity contribution < 1.29 is 9.72 Å². The second-order valence-corrected chi connectivity index (χ2v) is 3.08. The third-order valence-electron chi connectivity index (χ3n) is 2.22. The molecule has 0 aliphatic carbocycles. The Kier molecular flexibility index (Phi) is 1.68. The number of carbonyl (C=O) groups is 1. The van der Waals surface area contributed by atoms with Crippen molar-refractivity contribution >= 4 is 5.78 Å². The van der Waals surface area contributed by atoms with Crippen LogP contribution < -0.4 is 5.32 Å². The minimum absolute atomic E-state index is 0.151. The number of rotatable bonds is 1. The number of carbonyl (C=O) groups excluding carboxylic acids is 1. The van der Waals surface area contributed by atoms with Gasteiger partial charge in [-0.1, -0.05) is 0 Å². The number of ketones is 1. The van der Waals surface area contributed by atoms with Gasteiger partial charge in [-0.15, -0.1) is 0 Å². The highest BCUT2D eigenvalue weighted by Crippen LogP contribution is 2.20. The molecule has 1 N–H and O–H groups in total. The van der Waals surface area contributed by atoms with Crippen LogP contribution in [0.1, 0.15) is 6.42 Å². The first-order chi connectivity index (χ1) is 6.20. The number of Topliss-reactive ketones (excluding diaryl/α,β-unsaturated/α-hetero) is 1. The van der Waals surface area contributed by atoms with Crippen molar-refractivity contribution in [3.63, 3.8) is 0 Å². The SMILES string of the molecule is O=C1CN2CCCNC2=C1[N+](=O)[O-]. The van der Waals surface area contributed by atoms with E-state index in [4.69, 9.17) is 0 Å². The predicted molar refractivity (Wildman–Crippen MR) is 43.2 cm³/mol. The van der Waals surface area contributed by atoms with Crippen molar-refractivity contribution in [2.75, 3.05) is 19.6 Å². The molecule has 1 fully saturated rings. The monoisotopic (exact) mass is 183 g/mol. The maximum absolute atomic E-state index is 11.2. The van der Waals surface area contributed by atoms with E-state index in [0.717, 1.165) is 13.0 Å². The molecule has 70 valence electrons. The lowest BCUT2D eigenvalue weighted by Gasteiger charge is -2.25. The lowest BCUT2D eigenvalue weighted by atomic mass is 10.3. The fraction of sp³-hybridized carbons (Fsp3) is 0.571. The highest BCUT2D eigenvalue weighted by atomic mass is 16.6. The maximum Gasteiger partial charge on any atom is 0.353 e. The van der Waals surface area contributed by atoms with Crippen LogP contribution in [0.5, 0.6) is 0 Å². The number of fused-ring (bicyclic) bond motifs is 1. The highest BCUT2D eigenvalue weighted by molar-refractivity contribution is 5.97. The Morgan fingerprint density at radius 2 is 2.31 bits per heavy atom. The molecule has 0 radical (unpaired) electrons. The van der Waals surface area contributed by atoms with Crippen LogP contribution in [0.2, 0.25) is 0 Å². The smallest absolute Gasteiger partial charge is 0.353 e. The van der Waals surface area contributed by atoms with Gasteiger partial charge in [0.2, 0.25) is 0 Å². The molecule has 0 amide bonds. The molecule has 0 saturated carbocycles. The molecule has 6 heteroatoms. The van der Waals surface area contributed by atoms with Crippen LogP contribution >= 0.6 is 0 Å². The molecule has 2 aliphatic heterocycles. The van der Waals surface area contributed by atoms with Gasteiger partial charge < -0.3 is 10.2 Å². The van der Waals surface area contributed by atoms with Gasteiger partial charge in [-0.2, -0.15) is 0 Å². The summed E-state index contributed by atoms with van der Waals surface area (Å²) in [4.78, 5) is 22.9. The molecule has 0 aromatic rings. The molecule has 0 bridgehead atoms. The van der Waals surface area contributed by atoms with E-state index >= 15 is 0 Å². The molecular weight excluding hydrogens is 174 g/mol. The van der Waals surface area contributed by atoms with Gasteiger partial charge in [0.05, 0.1) is 11.5 Å². The van der Waals surface area contributed by atoms with Crippen LogP contribution in [-0.2, 0) is 4.79 Å². The van der Waals surface area contributed by atoms with Crippen LogP contribution in [-0.4, -0.2) is 35.2 Å². The summed E-state index contributed by atoms with van der Waals surface area (Å²) < 4.78 is 0. The molecule has 0 atom stereocenters. The molecule has 2 rings (SSSR count). The van der Waals surface area contributed by atoms with Gasteiger partial charge in [0, 0.05) is 13.1 Å². The summed E-state index contributed by atoms with van der Waals surface area (Å²) in [5.41, 5.74) is -0.278. The van der Waals surface area contributed by atoms with E-state index in [9.17, 15) is 14.9 Å². The first-order valence-corrected chi connectivity index (χ1v) is 4.11. The van der Waals surface area contributed by atoms with E-state index in [0.29, 0.717) is 12.4 Å². The quantitative estimate of drug-likeness (QED) is 0.430. The first kappa shape index (κ1) is 8.03. The van der Waals surface area contributed by atoms with E-state index in [1.54, 1.807) is 4.90 Å². The molecule has 0 aromatic heterocycles. The number of nitrogens with zero attached hydrogens (tertiary/aromatic N) is 2. The molecule has 0 spiro atoms. The Labute approximate surface area is 74.4 Å². The Hall–Kier alpha value is -1.59. The minimum atomic E-state index is -0.601. The van der Waals surface area contributed by atoms with Gasteiger partial charge in [0.25, 0.3) is 5.78 Å². The van der Waals surface area contributed by atoms with E-state index in [1.165, 1.54) is 0 Å². The van der Waals surface area contributed by atoms with Gasteiger partial charge in [-0.05, 0) is 6.42 Å². The summed E-state index contributed by atoms with van der Waals surface area (Å²) in [5.74, 6) is 0.00986. The predicted octanol–water partition coefficient (Wildman–Crippen LogP) is -0.690. The van der Waals surface area contributed by atoms with Crippen molar-refractivity contribution in [1.29, 1.82) is 0 Å². The minimum Gasteiger partial charge on any atom is -0.366 e. The first-order valence-electron chi connectivity index (χ1n) is 4.11. The van der Waals surface area contributed by atoms with Gasteiger partial charge in [-0.3, -0.25) is 14.9 Å². The Morgan fingerprint density at radius 1 is 1.54 bits per heavy atom. The Balaban J connectivity index is 2.37. The second-order valence-electron chi connectivity index (χ2n) is 3.08. The summed E-state index contributed by atoms with van der Waals surface area (Å²) in [6, 6.07) is 0. The lowest BCUT2D eigenvalue weighted by Crippen LogP contribution is -2.37. The fourth-order valence-corrected chi connectivity index (χ4v) is 1.66. The van der Waals surface area contributed by atoms with Gasteiger partial charge in [-0.25, -0.2) is 0 Å². The van der Waals surface area contributed by atoms with Crippen LogP contribution in [0.25, 0.3) is 0 Å². The molecule has 2 heterocycles. The van der Waals surface area contributed by atoms with Crippen molar-refractivity contribution in [2.45, 2.75) is 6.42 Å². The van der Waals surface area contributed by atoms with Gasteiger partial charge in [0.1, 0.15) is 0 Å². The fourth-order valence-electron chi connectivity index (χ4n) is 1.66. The van der Waals surface area contributed by atoms with Crippen LogP contribution in [0.15, 0.2) is 11.5 Å². The number of nitrogens with one attached hydrogen (secondary N) is 1. The average molecular weight is 183 g/mol. The maximum atomic E-state index is 11.2. The summed E-state index contributed by atoms with van der Waals surface area (Å²) in [6.45, 7) is 1.58. The van der Waals surface area contributed by atoms with E-state index < -0.39 is 10.7 Å². The molecule has 1 saturated heterocycles. The summed E-state index contributed by atoms with van der Waals surface area (Å²) >= 11 is 0. The van der Waals surface area contributed by atoms with E-state index in [1.807, 2.05) is 0 Å². The topological polar surface area (TPSA) is 75.5 Å². The molecule has 0 unspecified atom stereocenters. The molecule has 13 heavy (non-hydrogen) atoms. The third kappa shape index (κ3) is 1.14. The average Bonchev–Trinajstić information content (AvgIpc) is 2.39. The summed E-state index contributed by atoms with van der Waals surface area (Å²) in [5, 5.41) is 13.4. The highest BCUT2D eigenvalue weighted by Gasteiger charge is 2.39. The van der Waals surface area contributed by atoms with Crippen molar-refractivity contribution in [3.8, 4) is 0 Å². The van der Waals surface area contributed by atoms with E-state index in [2.05, 4.69) is 5.32 Å². The number of hydrogen-bond donors (Lipinski definition) is 1. The molecule has 2 aliphatic rings. The zero-order valence-electron chi connectivity index (χ0n) is 6.95. The Bertz CT molecular complexity index is 310. The number of nitro groups is 1. The van der Waals surface area contributed by atoms with Gasteiger partial charge in [0.15, 0.2) is 5.82 Å². The summed E-state index contributed by atoms with van der Waals surface area (Å²) in [6.07, 6.45) is 0.918. The largest absolute Gasteiger partial charge is 0.366 e. The third-order valence-corrected chi connectivity index (χ3v) is 2.22. The van der Waals surface area contributed by atoms with Crippen molar-refractivity contribution in [1.82, 2.24) is 10.2 Å². The van der Waals surface area contributed by atoms with E-state index in [-0.39, 0.29) is 12.2 Å². The molecule has 6 nitrogen and oxygen atoms in total. The van der Waals surface area contributed by atoms with Crippen LogP contribution in [0.4, 0.5) is 0 Å². The molecule has 0 aromatic carbocycles. The zero-order valence-corrected chi connectivity index (χ0v) is 6.95. The zero-order chi connectivity index (χ0) is 9.42. The normalized spacial score (nSPS) is 21.5. The van der Waals surface area contributed by atoms with Crippen molar-refractivity contribution in [2.24, 2.45) is 0 Å². The lowest BCUT2D eigenvalue weighted by molar-refractivity contribution is -0.419. The van der Waals surface area contributed by atoms with Crippen molar-refractivity contribution in [3.05, 3.63) is 21.6 Å². The molecular formula is C7H9N3O3. The standard InChI is InChI=1S/C7H9N3O3/c11-5-4-9-3-1-2-8-7(9)6(5)10(12)13/h8H,1-4H2. The number of hydrogen-bond acceptors (Lipinski definition) is 5. The van der Waals surface area contributed by atoms with Gasteiger partial charge >= 0.3 is 5.70 Å².